The van der Waals surface area contributed by atoms with E-state index in [1.165, 1.54) is 11.6 Å². The molecule has 0 unspecified atom stereocenters. The van der Waals surface area contributed by atoms with E-state index in [1.54, 1.807) is 60.7 Å². The van der Waals surface area contributed by atoms with E-state index in [-0.39, 0.29) is 22.4 Å². The Hall–Kier alpha value is -3.55. The predicted molar refractivity (Wildman–Crippen MR) is 135 cm³/mol. The van der Waals surface area contributed by atoms with Crippen LogP contribution in [0, 0.1) is 6.92 Å². The molecule has 0 saturated heterocycles. The van der Waals surface area contributed by atoms with Gasteiger partial charge in [-0.3, -0.25) is 0 Å². The summed E-state index contributed by atoms with van der Waals surface area (Å²) in [6, 6.07) is 21.8. The van der Waals surface area contributed by atoms with Crippen LogP contribution in [-0.2, 0) is 12.8 Å². The molecule has 0 fully saturated rings. The van der Waals surface area contributed by atoms with Gasteiger partial charge in [-0.05, 0) is 73.2 Å². The Morgan fingerprint density at radius 1 is 0.889 bits per heavy atom. The van der Waals surface area contributed by atoms with Crippen LogP contribution in [0.3, 0.4) is 0 Å². The molecule has 9 heteroatoms. The lowest BCUT2D eigenvalue weighted by Gasteiger charge is -2.12. The molecule has 0 radical (unpaired) electrons. The largest absolute Gasteiger partial charge is 0.489 e. The van der Waals surface area contributed by atoms with Crippen molar-refractivity contribution in [3.63, 3.8) is 0 Å². The third-order valence-corrected chi connectivity index (χ3v) is 6.13. The summed E-state index contributed by atoms with van der Waals surface area (Å²) in [5.41, 5.74) is 1.67. The summed E-state index contributed by atoms with van der Waals surface area (Å²) in [7, 11) is 0. The lowest BCUT2D eigenvalue weighted by molar-refractivity contribution is -0.136. The molecule has 4 nitrogen and oxygen atoms in total. The van der Waals surface area contributed by atoms with E-state index >= 15 is 0 Å². The van der Waals surface area contributed by atoms with Gasteiger partial charge >= 0.3 is 6.18 Å². The van der Waals surface area contributed by atoms with Crippen molar-refractivity contribution in [2.75, 3.05) is 0 Å². The van der Waals surface area contributed by atoms with Crippen LogP contribution < -0.4 is 4.74 Å². The third-order valence-electron chi connectivity index (χ3n) is 5.64. The minimum atomic E-state index is -4.59. The molecule has 0 aliphatic heterocycles. The van der Waals surface area contributed by atoms with Gasteiger partial charge in [0.2, 0.25) is 0 Å². The van der Waals surface area contributed by atoms with Gasteiger partial charge in [0.15, 0.2) is 5.65 Å². The number of alkyl halides is 3. The fourth-order valence-electron chi connectivity index (χ4n) is 3.92. The second kappa shape index (κ2) is 9.48. The standard InChI is InChI=1S/C27H18Cl2F3N3O/c1-16-25-23(27(30,31)32)14-24(33-26(25)35(34-16)21-4-2-3-20(29)13-21)18-7-11-22(12-8-18)36-15-17-5-9-19(28)10-6-17/h2-14H,15H2,1H3. The van der Waals surface area contributed by atoms with E-state index in [9.17, 15) is 13.2 Å². The number of rotatable bonds is 5. The lowest BCUT2D eigenvalue weighted by Crippen LogP contribution is -2.08. The molecule has 0 aliphatic carbocycles. The first-order valence-corrected chi connectivity index (χ1v) is 11.7. The number of hydrogen-bond donors (Lipinski definition) is 0. The highest BCUT2D eigenvalue weighted by molar-refractivity contribution is 6.31. The van der Waals surface area contributed by atoms with Crippen molar-refractivity contribution in [3.8, 4) is 22.7 Å². The zero-order chi connectivity index (χ0) is 25.4. The van der Waals surface area contributed by atoms with Crippen molar-refractivity contribution in [3.05, 3.63) is 106 Å². The van der Waals surface area contributed by atoms with E-state index in [4.69, 9.17) is 27.9 Å². The Labute approximate surface area is 214 Å². The normalized spacial score (nSPS) is 11.7. The maximum atomic E-state index is 14.1. The maximum absolute atomic E-state index is 14.1. The van der Waals surface area contributed by atoms with E-state index in [1.807, 2.05) is 12.1 Å². The summed E-state index contributed by atoms with van der Waals surface area (Å²) in [6.45, 7) is 1.86. The molecule has 3 aromatic carbocycles. The van der Waals surface area contributed by atoms with Gasteiger partial charge in [0.1, 0.15) is 12.4 Å². The van der Waals surface area contributed by atoms with Gasteiger partial charge in [0.05, 0.1) is 28.0 Å². The molecule has 0 saturated carbocycles. The highest BCUT2D eigenvalue weighted by Crippen LogP contribution is 2.39. The Morgan fingerprint density at radius 2 is 1.61 bits per heavy atom. The quantitative estimate of drug-likeness (QED) is 0.230. The molecule has 0 bridgehead atoms. The molecule has 36 heavy (non-hydrogen) atoms. The van der Waals surface area contributed by atoms with Crippen LogP contribution in [0.2, 0.25) is 10.0 Å². The third kappa shape index (κ3) is 4.90. The second-order valence-electron chi connectivity index (χ2n) is 8.17. The predicted octanol–water partition coefficient (Wildman–Crippen LogP) is 8.30. The minimum Gasteiger partial charge on any atom is -0.489 e. The van der Waals surface area contributed by atoms with Crippen LogP contribution in [0.4, 0.5) is 13.2 Å². The zero-order valence-electron chi connectivity index (χ0n) is 18.9. The van der Waals surface area contributed by atoms with E-state index in [0.717, 1.165) is 11.6 Å². The van der Waals surface area contributed by atoms with Gasteiger partial charge in [-0.25, -0.2) is 9.67 Å². The molecule has 182 valence electrons. The van der Waals surface area contributed by atoms with Crippen LogP contribution in [-0.4, -0.2) is 14.8 Å². The highest BCUT2D eigenvalue weighted by Gasteiger charge is 2.35. The van der Waals surface area contributed by atoms with Gasteiger partial charge in [-0.15, -0.1) is 0 Å². The number of ether oxygens (including phenoxy) is 1. The summed E-state index contributed by atoms with van der Waals surface area (Å²) in [4.78, 5) is 4.58. The minimum absolute atomic E-state index is 0.0471. The molecule has 2 heterocycles. The average molecular weight is 528 g/mol. The Kier molecular flexibility index (Phi) is 6.36. The summed E-state index contributed by atoms with van der Waals surface area (Å²) >= 11 is 12.0. The molecule has 2 aromatic heterocycles. The maximum Gasteiger partial charge on any atom is 0.417 e. The topological polar surface area (TPSA) is 39.9 Å². The van der Waals surface area contributed by atoms with Gasteiger partial charge in [-0.1, -0.05) is 41.4 Å². The zero-order valence-corrected chi connectivity index (χ0v) is 20.4. The Morgan fingerprint density at radius 3 is 2.28 bits per heavy atom. The van der Waals surface area contributed by atoms with Crippen LogP contribution >= 0.6 is 23.2 Å². The van der Waals surface area contributed by atoms with Crippen molar-refractivity contribution >= 4 is 34.2 Å². The van der Waals surface area contributed by atoms with E-state index in [2.05, 4.69) is 10.1 Å². The SMILES string of the molecule is Cc1nn(-c2cccc(Cl)c2)c2nc(-c3ccc(OCc4ccc(Cl)cc4)cc3)cc(C(F)(F)F)c12. The average Bonchev–Trinajstić information content (AvgIpc) is 3.19. The molecular formula is C27H18Cl2F3N3O. The molecule has 5 rings (SSSR count). The summed E-state index contributed by atoms with van der Waals surface area (Å²) in [5, 5.41) is 5.38. The smallest absolute Gasteiger partial charge is 0.417 e. The molecule has 0 N–H and O–H groups in total. The van der Waals surface area contributed by atoms with Crippen LogP contribution in [0.1, 0.15) is 16.8 Å². The molecule has 5 aromatic rings. The molecular weight excluding hydrogens is 510 g/mol. The Bertz CT molecular complexity index is 1550. The number of benzene rings is 3. The lowest BCUT2D eigenvalue weighted by atomic mass is 10.0. The van der Waals surface area contributed by atoms with Gasteiger partial charge in [-0.2, -0.15) is 18.3 Å². The summed E-state index contributed by atoms with van der Waals surface area (Å²) in [5.74, 6) is 0.575. The summed E-state index contributed by atoms with van der Waals surface area (Å²) < 4.78 is 49.5. The van der Waals surface area contributed by atoms with Gasteiger partial charge in [0, 0.05) is 15.6 Å². The number of aryl methyl sites for hydroxylation is 1. The Balaban J connectivity index is 1.54. The molecule has 0 spiro atoms. The van der Waals surface area contributed by atoms with Crippen LogP contribution in [0.25, 0.3) is 28.0 Å². The first-order chi connectivity index (χ1) is 17.2. The number of hydrogen-bond acceptors (Lipinski definition) is 3. The van der Waals surface area contributed by atoms with Crippen molar-refractivity contribution in [2.45, 2.75) is 19.7 Å². The first kappa shape index (κ1) is 24.2. The van der Waals surface area contributed by atoms with Gasteiger partial charge in [0.25, 0.3) is 0 Å². The van der Waals surface area contributed by atoms with E-state index < -0.39 is 11.7 Å². The number of aromatic nitrogens is 3. The molecule has 0 atom stereocenters. The van der Waals surface area contributed by atoms with Gasteiger partial charge < -0.3 is 4.74 Å². The number of nitrogens with zero attached hydrogens (tertiary/aromatic N) is 3. The van der Waals surface area contributed by atoms with Crippen molar-refractivity contribution in [2.24, 2.45) is 0 Å². The molecule has 0 aliphatic rings. The molecule has 0 amide bonds. The van der Waals surface area contributed by atoms with Crippen LogP contribution in [0.5, 0.6) is 5.75 Å². The van der Waals surface area contributed by atoms with Crippen LogP contribution in [0.15, 0.2) is 78.9 Å². The fourth-order valence-corrected chi connectivity index (χ4v) is 4.23. The van der Waals surface area contributed by atoms with Crippen molar-refractivity contribution < 1.29 is 17.9 Å². The van der Waals surface area contributed by atoms with Crippen molar-refractivity contribution in [1.29, 1.82) is 0 Å². The van der Waals surface area contributed by atoms with Crippen molar-refractivity contribution in [1.82, 2.24) is 14.8 Å². The number of halogens is 5. The number of fused-ring (bicyclic) bond motifs is 1. The highest BCUT2D eigenvalue weighted by atomic mass is 35.5. The van der Waals surface area contributed by atoms with E-state index in [0.29, 0.717) is 33.7 Å². The first-order valence-electron chi connectivity index (χ1n) is 10.9. The monoisotopic (exact) mass is 527 g/mol. The summed E-state index contributed by atoms with van der Waals surface area (Å²) in [6.07, 6.45) is -4.59. The number of pyridine rings is 1. The fraction of sp³-hybridized carbons (Fsp3) is 0.111. The second-order valence-corrected chi connectivity index (χ2v) is 9.04.